The molecule has 4 fully saturated rings. The summed E-state index contributed by atoms with van der Waals surface area (Å²) in [5, 5.41) is 14.1. The topological polar surface area (TPSA) is 295 Å². The Bertz CT molecular complexity index is 2060. The maximum atomic E-state index is 13.0. The number of hydrogen-bond donors (Lipinski definition) is 8. The second kappa shape index (κ2) is 21.3. The lowest BCUT2D eigenvalue weighted by atomic mass is 9.80. The van der Waals surface area contributed by atoms with Crippen LogP contribution in [0.4, 0.5) is 5.95 Å². The number of carbonyl (C=O) groups excluding carboxylic acids is 1. The van der Waals surface area contributed by atoms with Crippen LogP contribution in [0.2, 0.25) is 0 Å². The first kappa shape index (κ1) is 47.8. The van der Waals surface area contributed by atoms with Gasteiger partial charge in [-0.2, -0.15) is 13.6 Å². The molecule has 1 amide bonds. The normalized spacial score (nSPS) is 28.0. The molecule has 2 aromatic rings. The van der Waals surface area contributed by atoms with E-state index < -0.39 is 54.1 Å². The van der Waals surface area contributed by atoms with E-state index in [-0.39, 0.29) is 41.4 Å². The number of nitrogens with two attached hydrogens (primary N) is 1. The number of aliphatic hydroxyl groups excluding tert-OH is 1. The second-order valence-corrected chi connectivity index (χ2v) is 23.4. The van der Waals surface area contributed by atoms with Crippen LogP contribution in [0.3, 0.4) is 0 Å². The summed E-state index contributed by atoms with van der Waals surface area (Å²) in [6, 6.07) is 0. The monoisotopic (exact) mass is 939 g/mol. The minimum absolute atomic E-state index is 0.0136. The summed E-state index contributed by atoms with van der Waals surface area (Å²) < 4.78 is 53.9. The van der Waals surface area contributed by atoms with E-state index in [1.165, 1.54) is 101 Å². The summed E-state index contributed by atoms with van der Waals surface area (Å²) in [6.45, 7) is -0.873. The Labute approximate surface area is 356 Å². The Balaban J connectivity index is 1.01. The number of anilines is 1. The number of H-pyrrole nitrogens is 1. The van der Waals surface area contributed by atoms with E-state index in [9.17, 15) is 38.2 Å². The van der Waals surface area contributed by atoms with Crippen molar-refractivity contribution in [1.29, 1.82) is 0 Å². The van der Waals surface area contributed by atoms with Crippen molar-refractivity contribution in [1.82, 2.24) is 19.9 Å². The highest BCUT2D eigenvalue weighted by molar-refractivity contribution is 8.76. The SMILES string of the molecule is Nc1nc2c(c(C#CCNC(=O)CCSSC3CC(C4CCCCCC4)CCC(C4CCCC4)C3)cn2[C@H]2CC(O)[C@@H](COP(=O)(O)OP(=O)(O)OP(=O)(O)O)O2)c(=O)[nH]1. The maximum Gasteiger partial charge on any atom is 0.490 e. The van der Waals surface area contributed by atoms with Crippen LogP contribution in [0, 0.1) is 35.5 Å². The van der Waals surface area contributed by atoms with Crippen molar-refractivity contribution in [3.63, 3.8) is 0 Å². The number of aromatic nitrogens is 3. The first-order valence-corrected chi connectivity index (χ1v) is 27.4. The predicted octanol–water partition coefficient (Wildman–Crippen LogP) is 5.87. The highest BCUT2D eigenvalue weighted by atomic mass is 33.1. The van der Waals surface area contributed by atoms with Crippen LogP contribution in [-0.4, -0.2) is 81.5 Å². The molecule has 336 valence electrons. The third kappa shape index (κ3) is 13.9. The molecule has 1 saturated heterocycles. The molecule has 4 aliphatic rings. The fourth-order valence-corrected chi connectivity index (χ4v) is 15.1. The first-order chi connectivity index (χ1) is 28.5. The van der Waals surface area contributed by atoms with Gasteiger partial charge in [-0.25, -0.2) is 13.7 Å². The number of hydrogen-bond acceptors (Lipinski definition) is 14. The molecule has 6 unspecified atom stereocenters. The van der Waals surface area contributed by atoms with E-state index >= 15 is 0 Å². The zero-order valence-corrected chi connectivity index (χ0v) is 37.5. The van der Waals surface area contributed by atoms with Crippen molar-refractivity contribution in [2.45, 2.75) is 126 Å². The van der Waals surface area contributed by atoms with E-state index in [2.05, 4.69) is 40.3 Å². The molecule has 9 N–H and O–H groups in total. The van der Waals surface area contributed by atoms with Gasteiger partial charge in [0.25, 0.3) is 5.56 Å². The standard InChI is InChI=1S/C36H56N5O14P3S2/c37-36-39-34-33(35(44)40-36)27(21-41(34)32-20-29(42)30(53-32)22-52-57(48,49)55-58(50,51)54-56(45,46)47)12-7-16-38-31(43)15-17-59-60-28-18-25(23-8-3-1-2-4-9-23)13-14-26(19-28)24-10-5-6-11-24/h21,23-26,28-30,32,42H,1-6,8-11,13-20,22H2,(H,38,43)(H,48,49)(H,50,51)(H2,45,46,47)(H3,37,39,40,44)/t25?,26?,28?,29?,30-,32-/m1/s1. The summed E-state index contributed by atoms with van der Waals surface area (Å²) in [5.41, 5.74) is 5.48. The molecule has 24 heteroatoms. The zero-order chi connectivity index (χ0) is 43.1. The van der Waals surface area contributed by atoms with Crippen molar-refractivity contribution < 1.29 is 61.1 Å². The van der Waals surface area contributed by atoms with Gasteiger partial charge in [-0.05, 0) is 49.4 Å². The maximum absolute atomic E-state index is 13.0. The minimum Gasteiger partial charge on any atom is -0.390 e. The number of ether oxygens (including phenoxy) is 1. The number of fused-ring (bicyclic) bond motifs is 1. The van der Waals surface area contributed by atoms with Gasteiger partial charge in [0.1, 0.15) is 12.3 Å². The number of amides is 1. The van der Waals surface area contributed by atoms with E-state index in [0.29, 0.717) is 17.4 Å². The fourth-order valence-electron chi connectivity index (χ4n) is 9.22. The van der Waals surface area contributed by atoms with Crippen molar-refractivity contribution in [2.24, 2.45) is 23.7 Å². The molecule has 2 aromatic heterocycles. The van der Waals surface area contributed by atoms with Crippen LogP contribution in [0.5, 0.6) is 0 Å². The largest absolute Gasteiger partial charge is 0.490 e. The summed E-state index contributed by atoms with van der Waals surface area (Å²) in [5.74, 6) is 9.48. The Morgan fingerprint density at radius 1 is 0.933 bits per heavy atom. The smallest absolute Gasteiger partial charge is 0.390 e. The number of carbonyl (C=O) groups is 1. The molecule has 0 spiro atoms. The molecule has 3 heterocycles. The number of phosphoric acid groups is 3. The molecule has 3 saturated carbocycles. The van der Waals surface area contributed by atoms with Crippen LogP contribution >= 0.6 is 45.1 Å². The lowest BCUT2D eigenvalue weighted by molar-refractivity contribution is -0.120. The molecule has 6 rings (SSSR count). The zero-order valence-electron chi connectivity index (χ0n) is 33.2. The Morgan fingerprint density at radius 3 is 2.20 bits per heavy atom. The number of nitrogens with zero attached hydrogens (tertiary/aromatic N) is 2. The van der Waals surface area contributed by atoms with Gasteiger partial charge in [0.05, 0.1) is 30.2 Å². The molecule has 60 heavy (non-hydrogen) atoms. The Hall–Kier alpha value is -1.72. The van der Waals surface area contributed by atoms with Crippen LogP contribution in [-0.2, 0) is 36.4 Å². The van der Waals surface area contributed by atoms with Gasteiger partial charge in [-0.1, -0.05) is 97.6 Å². The minimum atomic E-state index is -5.75. The lowest BCUT2D eigenvalue weighted by Crippen LogP contribution is -2.26. The number of nitrogen functional groups attached to an aromatic ring is 1. The molecule has 0 radical (unpaired) electrons. The summed E-state index contributed by atoms with van der Waals surface area (Å²) >= 11 is 0. The van der Waals surface area contributed by atoms with Gasteiger partial charge in [0, 0.05) is 30.0 Å². The lowest BCUT2D eigenvalue weighted by Gasteiger charge is -2.27. The van der Waals surface area contributed by atoms with Gasteiger partial charge in [-0.3, -0.25) is 19.1 Å². The van der Waals surface area contributed by atoms with E-state index in [4.69, 9.17) is 20.3 Å². The van der Waals surface area contributed by atoms with Gasteiger partial charge >= 0.3 is 23.5 Å². The van der Waals surface area contributed by atoms with Crippen LogP contribution in [0.25, 0.3) is 11.0 Å². The average Bonchev–Trinajstić information content (AvgIpc) is 3.79. The molecular formula is C36H56N5O14P3S2. The average molecular weight is 940 g/mol. The molecule has 3 aliphatic carbocycles. The number of rotatable bonds is 16. The number of phosphoric ester groups is 1. The molecule has 0 bridgehead atoms. The predicted molar refractivity (Wildman–Crippen MR) is 226 cm³/mol. The second-order valence-electron chi connectivity index (χ2n) is 16.2. The Kier molecular flexibility index (Phi) is 17.0. The van der Waals surface area contributed by atoms with E-state index in [1.54, 1.807) is 10.8 Å². The third-order valence-electron chi connectivity index (χ3n) is 11.9. The number of aromatic amines is 1. The first-order valence-electron chi connectivity index (χ1n) is 20.5. The van der Waals surface area contributed by atoms with Crippen molar-refractivity contribution in [3.8, 4) is 11.8 Å². The summed E-state index contributed by atoms with van der Waals surface area (Å²) in [7, 11) is -13.0. The van der Waals surface area contributed by atoms with Gasteiger partial charge in [0.2, 0.25) is 11.9 Å². The van der Waals surface area contributed by atoms with Crippen LogP contribution < -0.4 is 16.6 Å². The highest BCUT2D eigenvalue weighted by Gasteiger charge is 2.43. The molecule has 19 nitrogen and oxygen atoms in total. The molecule has 8 atom stereocenters. The third-order valence-corrected chi connectivity index (χ3v) is 18.6. The van der Waals surface area contributed by atoms with E-state index in [1.807, 2.05) is 10.8 Å². The van der Waals surface area contributed by atoms with Crippen molar-refractivity contribution in [2.75, 3.05) is 24.6 Å². The van der Waals surface area contributed by atoms with E-state index in [0.717, 1.165) is 23.7 Å². The van der Waals surface area contributed by atoms with Gasteiger partial charge in [-0.15, -0.1) is 0 Å². The van der Waals surface area contributed by atoms with Crippen LogP contribution in [0.15, 0.2) is 11.0 Å². The molecular weight excluding hydrogens is 883 g/mol. The molecule has 0 aromatic carbocycles. The Morgan fingerprint density at radius 2 is 1.57 bits per heavy atom. The van der Waals surface area contributed by atoms with Crippen LogP contribution in [0.1, 0.15) is 115 Å². The quantitative estimate of drug-likeness (QED) is 0.0321. The summed E-state index contributed by atoms with van der Waals surface area (Å²) in [4.78, 5) is 69.1. The summed E-state index contributed by atoms with van der Waals surface area (Å²) in [6.07, 6.45) is 17.0. The number of nitrogens with one attached hydrogen (secondary N) is 2. The van der Waals surface area contributed by atoms with Crippen molar-refractivity contribution >= 4 is 67.9 Å². The molecule has 1 aliphatic heterocycles. The van der Waals surface area contributed by atoms with Crippen molar-refractivity contribution in [3.05, 3.63) is 22.1 Å². The number of aliphatic hydroxyl groups is 1. The van der Waals surface area contributed by atoms with Gasteiger partial charge < -0.3 is 45.0 Å². The van der Waals surface area contributed by atoms with Gasteiger partial charge in [0.15, 0.2) is 5.65 Å². The fraction of sp³-hybridized carbons (Fsp3) is 0.750. The highest BCUT2D eigenvalue weighted by Crippen LogP contribution is 2.66.